The molecule has 0 radical (unpaired) electrons. The second-order valence-electron chi connectivity index (χ2n) is 4.34. The lowest BCUT2D eigenvalue weighted by molar-refractivity contribution is 0.305. The van der Waals surface area contributed by atoms with E-state index in [1.54, 1.807) is 13.2 Å². The zero-order valence-electron chi connectivity index (χ0n) is 11.2. The fraction of sp³-hybridized carbons (Fsp3) is 0.250. The maximum Gasteiger partial charge on any atom is 0.165 e. The van der Waals surface area contributed by atoms with Gasteiger partial charge in [-0.05, 0) is 35.4 Å². The van der Waals surface area contributed by atoms with Crippen LogP contribution in [0.3, 0.4) is 0 Å². The van der Waals surface area contributed by atoms with Gasteiger partial charge in [-0.3, -0.25) is 0 Å². The number of halogens is 2. The first-order chi connectivity index (χ1) is 9.72. The topological polar surface area (TPSA) is 18.5 Å². The van der Waals surface area contributed by atoms with Crippen LogP contribution >= 0.6 is 15.9 Å². The Balaban J connectivity index is 1.88. The van der Waals surface area contributed by atoms with Crippen molar-refractivity contribution < 1.29 is 13.9 Å². The summed E-state index contributed by atoms with van der Waals surface area (Å²) in [5.74, 6) is 0.797. The summed E-state index contributed by atoms with van der Waals surface area (Å²) in [6.45, 7) is 0.441. The van der Waals surface area contributed by atoms with Crippen LogP contribution in [0.2, 0.25) is 0 Å². The second-order valence-corrected chi connectivity index (χ2v) is 4.91. The lowest BCUT2D eigenvalue weighted by atomic mass is 10.1. The van der Waals surface area contributed by atoms with Gasteiger partial charge in [-0.2, -0.15) is 0 Å². The number of alkyl halides is 1. The van der Waals surface area contributed by atoms with Crippen molar-refractivity contribution in [3.05, 3.63) is 59.4 Å². The Morgan fingerprint density at radius 2 is 1.75 bits per heavy atom. The maximum absolute atomic E-state index is 13.7. The molecule has 0 spiro atoms. The Morgan fingerprint density at radius 1 is 1.05 bits per heavy atom. The molecule has 0 heterocycles. The van der Waals surface area contributed by atoms with Crippen LogP contribution in [0.1, 0.15) is 11.1 Å². The van der Waals surface area contributed by atoms with Gasteiger partial charge in [-0.1, -0.05) is 34.1 Å². The lowest BCUT2D eigenvalue weighted by Crippen LogP contribution is -2.03. The van der Waals surface area contributed by atoms with E-state index in [0.717, 1.165) is 23.3 Å². The van der Waals surface area contributed by atoms with Gasteiger partial charge in [0.2, 0.25) is 0 Å². The molecule has 2 aromatic carbocycles. The molecule has 2 aromatic rings. The molecule has 0 aliphatic rings. The Bertz CT molecular complexity index is 555. The van der Waals surface area contributed by atoms with Crippen LogP contribution in [0.25, 0.3) is 0 Å². The SMILES string of the molecule is COc1ccc(CCOc2ccc(CBr)cc2F)cc1. The first-order valence-electron chi connectivity index (χ1n) is 6.33. The summed E-state index contributed by atoms with van der Waals surface area (Å²) in [5.41, 5.74) is 2.02. The molecular formula is C16H16BrFO2. The van der Waals surface area contributed by atoms with Crippen LogP contribution in [0.5, 0.6) is 11.5 Å². The van der Waals surface area contributed by atoms with Crippen molar-refractivity contribution in [3.8, 4) is 11.5 Å². The number of benzene rings is 2. The Labute approximate surface area is 126 Å². The van der Waals surface area contributed by atoms with Gasteiger partial charge in [0.15, 0.2) is 11.6 Å². The summed E-state index contributed by atoms with van der Waals surface area (Å²) >= 11 is 3.29. The normalized spacial score (nSPS) is 10.3. The molecule has 0 atom stereocenters. The highest BCUT2D eigenvalue weighted by Crippen LogP contribution is 2.20. The number of methoxy groups -OCH3 is 1. The highest BCUT2D eigenvalue weighted by atomic mass is 79.9. The number of rotatable bonds is 6. The van der Waals surface area contributed by atoms with E-state index in [4.69, 9.17) is 9.47 Å². The Hall–Kier alpha value is -1.55. The first-order valence-corrected chi connectivity index (χ1v) is 7.45. The van der Waals surface area contributed by atoms with E-state index in [-0.39, 0.29) is 5.82 Å². The molecule has 0 bridgehead atoms. The molecule has 20 heavy (non-hydrogen) atoms. The van der Waals surface area contributed by atoms with Gasteiger partial charge in [0.05, 0.1) is 13.7 Å². The first kappa shape index (κ1) is 14.9. The maximum atomic E-state index is 13.7. The molecule has 0 fully saturated rings. The summed E-state index contributed by atoms with van der Waals surface area (Å²) in [7, 11) is 1.64. The van der Waals surface area contributed by atoms with Crippen molar-refractivity contribution in [1.29, 1.82) is 0 Å². The third kappa shape index (κ3) is 3.97. The largest absolute Gasteiger partial charge is 0.497 e. The minimum atomic E-state index is -0.323. The lowest BCUT2D eigenvalue weighted by Gasteiger charge is -2.08. The van der Waals surface area contributed by atoms with E-state index in [1.165, 1.54) is 6.07 Å². The molecule has 0 aliphatic carbocycles. The van der Waals surface area contributed by atoms with Gasteiger partial charge in [-0.25, -0.2) is 4.39 Å². The van der Waals surface area contributed by atoms with Crippen molar-refractivity contribution in [2.24, 2.45) is 0 Å². The molecule has 0 N–H and O–H groups in total. The average molecular weight is 339 g/mol. The summed E-state index contributed by atoms with van der Waals surface area (Å²) in [6.07, 6.45) is 0.726. The van der Waals surface area contributed by atoms with E-state index >= 15 is 0 Å². The van der Waals surface area contributed by atoms with E-state index in [9.17, 15) is 4.39 Å². The summed E-state index contributed by atoms with van der Waals surface area (Å²) in [4.78, 5) is 0. The van der Waals surface area contributed by atoms with Gasteiger partial charge < -0.3 is 9.47 Å². The summed E-state index contributed by atoms with van der Waals surface area (Å²) in [5, 5.41) is 0.635. The zero-order chi connectivity index (χ0) is 14.4. The minimum absolute atomic E-state index is 0.295. The molecule has 106 valence electrons. The van der Waals surface area contributed by atoms with Crippen LogP contribution < -0.4 is 9.47 Å². The minimum Gasteiger partial charge on any atom is -0.497 e. The second kappa shape index (κ2) is 7.29. The molecule has 2 nitrogen and oxygen atoms in total. The Kier molecular flexibility index (Phi) is 5.41. The molecule has 0 amide bonds. The van der Waals surface area contributed by atoms with E-state index in [1.807, 2.05) is 30.3 Å². The van der Waals surface area contributed by atoms with Gasteiger partial charge in [0, 0.05) is 11.8 Å². The molecule has 0 aromatic heterocycles. The van der Waals surface area contributed by atoms with Gasteiger partial charge in [0.1, 0.15) is 5.75 Å². The standard InChI is InChI=1S/C16H16BrFO2/c1-19-14-5-2-12(3-6-14)8-9-20-16-7-4-13(11-17)10-15(16)18/h2-7,10H,8-9,11H2,1H3. The van der Waals surface area contributed by atoms with Crippen molar-refractivity contribution in [3.63, 3.8) is 0 Å². The van der Waals surface area contributed by atoms with Crippen LogP contribution in [0, 0.1) is 5.82 Å². The van der Waals surface area contributed by atoms with Gasteiger partial charge >= 0.3 is 0 Å². The van der Waals surface area contributed by atoms with Crippen molar-refractivity contribution in [1.82, 2.24) is 0 Å². The van der Waals surface area contributed by atoms with Crippen LogP contribution in [-0.2, 0) is 11.8 Å². The molecule has 0 saturated heterocycles. The van der Waals surface area contributed by atoms with Gasteiger partial charge in [0.25, 0.3) is 0 Å². The predicted molar refractivity (Wildman–Crippen MR) is 81.2 cm³/mol. The monoisotopic (exact) mass is 338 g/mol. The molecular weight excluding hydrogens is 323 g/mol. The highest BCUT2D eigenvalue weighted by Gasteiger charge is 2.04. The fourth-order valence-corrected chi connectivity index (χ4v) is 2.16. The van der Waals surface area contributed by atoms with Crippen molar-refractivity contribution in [2.45, 2.75) is 11.8 Å². The fourth-order valence-electron chi connectivity index (χ4n) is 1.82. The average Bonchev–Trinajstić information content (AvgIpc) is 2.49. The third-order valence-corrected chi connectivity index (χ3v) is 3.61. The van der Waals surface area contributed by atoms with Crippen LogP contribution in [0.4, 0.5) is 4.39 Å². The predicted octanol–water partition coefficient (Wildman–Crippen LogP) is 4.35. The number of hydrogen-bond donors (Lipinski definition) is 0. The molecule has 2 rings (SSSR count). The molecule has 4 heteroatoms. The van der Waals surface area contributed by atoms with E-state index < -0.39 is 0 Å². The molecule has 0 aliphatic heterocycles. The number of hydrogen-bond acceptors (Lipinski definition) is 2. The number of ether oxygens (including phenoxy) is 2. The molecule has 0 saturated carbocycles. The quantitative estimate of drug-likeness (QED) is 0.729. The summed E-state index contributed by atoms with van der Waals surface area (Å²) < 4.78 is 24.3. The highest BCUT2D eigenvalue weighted by molar-refractivity contribution is 9.08. The smallest absolute Gasteiger partial charge is 0.165 e. The zero-order valence-corrected chi connectivity index (χ0v) is 12.8. The molecule has 0 unspecified atom stereocenters. The van der Waals surface area contributed by atoms with E-state index in [2.05, 4.69) is 15.9 Å². The Morgan fingerprint density at radius 3 is 2.35 bits per heavy atom. The van der Waals surface area contributed by atoms with E-state index in [0.29, 0.717) is 17.7 Å². The third-order valence-electron chi connectivity index (χ3n) is 2.96. The van der Waals surface area contributed by atoms with Crippen LogP contribution in [0.15, 0.2) is 42.5 Å². The van der Waals surface area contributed by atoms with Gasteiger partial charge in [-0.15, -0.1) is 0 Å². The van der Waals surface area contributed by atoms with Crippen molar-refractivity contribution >= 4 is 15.9 Å². The van der Waals surface area contributed by atoms with Crippen LogP contribution in [-0.4, -0.2) is 13.7 Å². The van der Waals surface area contributed by atoms with Crippen molar-refractivity contribution in [2.75, 3.05) is 13.7 Å². The summed E-state index contributed by atoms with van der Waals surface area (Å²) in [6, 6.07) is 12.8.